The largest absolute Gasteiger partial charge is 0.0653 e. The lowest BCUT2D eigenvalue weighted by Gasteiger charge is -2.18. The summed E-state index contributed by atoms with van der Waals surface area (Å²) in [6, 6.07) is 0. The van der Waals surface area contributed by atoms with Gasteiger partial charge in [-0.3, -0.25) is 0 Å². The van der Waals surface area contributed by atoms with Crippen LogP contribution in [0.5, 0.6) is 0 Å². The van der Waals surface area contributed by atoms with E-state index in [9.17, 15) is 0 Å². The number of hydrogen-bond acceptors (Lipinski definition) is 0. The molecule has 0 heteroatoms. The molecule has 0 heterocycles. The molecule has 1 rings (SSSR count). The van der Waals surface area contributed by atoms with Gasteiger partial charge in [-0.25, -0.2) is 0 Å². The van der Waals surface area contributed by atoms with E-state index in [1.54, 1.807) is 28.2 Å². The number of rotatable bonds is 10. The van der Waals surface area contributed by atoms with Gasteiger partial charge in [-0.15, -0.1) is 0 Å². The number of hydrogen-bond donors (Lipinski definition) is 0. The van der Waals surface area contributed by atoms with E-state index in [2.05, 4.69) is 34.6 Å². The van der Waals surface area contributed by atoms with Crippen LogP contribution in [0.4, 0.5) is 0 Å². The first-order valence-electron chi connectivity index (χ1n) is 9.05. The van der Waals surface area contributed by atoms with Crippen molar-refractivity contribution < 1.29 is 0 Å². The summed E-state index contributed by atoms with van der Waals surface area (Å²) in [5.74, 6) is 1.75. The molecule has 0 nitrogen and oxygen atoms in total. The summed E-state index contributed by atoms with van der Waals surface area (Å²) in [5.41, 5.74) is 7.01. The molecule has 0 N–H and O–H groups in total. The zero-order chi connectivity index (χ0) is 15.0. The fourth-order valence-corrected chi connectivity index (χ4v) is 3.67. The minimum absolute atomic E-state index is 1.29. The van der Waals surface area contributed by atoms with Gasteiger partial charge >= 0.3 is 0 Å². The second-order valence-electron chi connectivity index (χ2n) is 6.14. The highest BCUT2D eigenvalue weighted by atomic mass is 14.3. The van der Waals surface area contributed by atoms with Crippen molar-refractivity contribution in [1.82, 2.24) is 0 Å². The molecule has 0 fully saturated rings. The van der Waals surface area contributed by atoms with Gasteiger partial charge in [0.2, 0.25) is 0 Å². The van der Waals surface area contributed by atoms with Gasteiger partial charge < -0.3 is 0 Å². The lowest BCUT2D eigenvalue weighted by molar-refractivity contribution is 0.756. The highest BCUT2D eigenvalue weighted by Gasteiger charge is 2.31. The first-order valence-corrected chi connectivity index (χ1v) is 9.05. The molecule has 20 heavy (non-hydrogen) atoms. The van der Waals surface area contributed by atoms with Gasteiger partial charge in [0.25, 0.3) is 0 Å². The SMILES string of the molecule is CCC[C]1C(CCC)=C(CCC)C(CCC)=C1CCC. The molecule has 0 atom stereocenters. The van der Waals surface area contributed by atoms with Crippen LogP contribution >= 0.6 is 0 Å². The van der Waals surface area contributed by atoms with Crippen LogP contribution in [0.3, 0.4) is 0 Å². The van der Waals surface area contributed by atoms with Crippen LogP contribution in [0.25, 0.3) is 0 Å². The van der Waals surface area contributed by atoms with Crippen LogP contribution in [0.1, 0.15) is 98.8 Å². The van der Waals surface area contributed by atoms with E-state index < -0.39 is 0 Å². The van der Waals surface area contributed by atoms with E-state index in [0.717, 1.165) is 0 Å². The molecule has 0 saturated carbocycles. The van der Waals surface area contributed by atoms with Crippen LogP contribution in [0, 0.1) is 5.92 Å². The smallest absolute Gasteiger partial charge is 0.0263 e. The molecule has 1 aliphatic rings. The molecule has 0 aromatic rings. The third kappa shape index (κ3) is 3.99. The van der Waals surface area contributed by atoms with E-state index >= 15 is 0 Å². The molecular formula is C20H35. The Hall–Kier alpha value is -0.520. The Bertz CT molecular complexity index is 311. The normalized spacial score (nSPS) is 16.6. The molecule has 1 radical (unpaired) electrons. The summed E-state index contributed by atoms with van der Waals surface area (Å²) in [6.07, 6.45) is 12.9. The Balaban J connectivity index is 3.19. The summed E-state index contributed by atoms with van der Waals surface area (Å²) in [7, 11) is 0. The van der Waals surface area contributed by atoms with E-state index in [0.29, 0.717) is 0 Å². The van der Waals surface area contributed by atoms with Crippen LogP contribution < -0.4 is 0 Å². The molecule has 0 aromatic carbocycles. The molecular weight excluding hydrogens is 240 g/mol. The van der Waals surface area contributed by atoms with E-state index in [4.69, 9.17) is 0 Å². The Morgan fingerprint density at radius 3 is 1.00 bits per heavy atom. The van der Waals surface area contributed by atoms with Crippen molar-refractivity contribution in [3.8, 4) is 0 Å². The second kappa shape index (κ2) is 9.42. The Labute approximate surface area is 127 Å². The van der Waals surface area contributed by atoms with Gasteiger partial charge in [0.1, 0.15) is 0 Å². The summed E-state index contributed by atoms with van der Waals surface area (Å²) >= 11 is 0. The average molecular weight is 275 g/mol. The quantitative estimate of drug-likeness (QED) is 0.396. The van der Waals surface area contributed by atoms with Crippen molar-refractivity contribution in [3.63, 3.8) is 0 Å². The van der Waals surface area contributed by atoms with E-state index in [-0.39, 0.29) is 0 Å². The summed E-state index contributed by atoms with van der Waals surface area (Å²) in [5, 5.41) is 0. The number of allylic oxidation sites excluding steroid dienone is 4. The molecule has 0 spiro atoms. The average Bonchev–Trinajstić information content (AvgIpc) is 2.68. The van der Waals surface area contributed by atoms with Gasteiger partial charge in [-0.2, -0.15) is 0 Å². The third-order valence-corrected chi connectivity index (χ3v) is 4.32. The maximum Gasteiger partial charge on any atom is 0.0263 e. The zero-order valence-corrected chi connectivity index (χ0v) is 14.6. The van der Waals surface area contributed by atoms with Gasteiger partial charge in [0.05, 0.1) is 0 Å². The minimum atomic E-state index is 1.29. The van der Waals surface area contributed by atoms with Gasteiger partial charge in [-0.05, 0) is 43.3 Å². The van der Waals surface area contributed by atoms with Crippen molar-refractivity contribution in [1.29, 1.82) is 0 Å². The fourth-order valence-electron chi connectivity index (χ4n) is 3.67. The maximum absolute atomic E-state index is 2.33. The van der Waals surface area contributed by atoms with Gasteiger partial charge in [0, 0.05) is 5.92 Å². The van der Waals surface area contributed by atoms with Crippen LogP contribution in [-0.4, -0.2) is 0 Å². The molecule has 0 aromatic heterocycles. The van der Waals surface area contributed by atoms with Crippen LogP contribution in [0.15, 0.2) is 22.3 Å². The van der Waals surface area contributed by atoms with Crippen molar-refractivity contribution in [2.45, 2.75) is 98.8 Å². The highest BCUT2D eigenvalue weighted by molar-refractivity contribution is 5.60. The maximum atomic E-state index is 2.33. The van der Waals surface area contributed by atoms with Crippen molar-refractivity contribution in [2.75, 3.05) is 0 Å². The molecule has 0 unspecified atom stereocenters. The van der Waals surface area contributed by atoms with Crippen molar-refractivity contribution in [2.24, 2.45) is 0 Å². The van der Waals surface area contributed by atoms with Gasteiger partial charge in [0.15, 0.2) is 0 Å². The monoisotopic (exact) mass is 275 g/mol. The summed E-state index contributed by atoms with van der Waals surface area (Å²) < 4.78 is 0. The molecule has 1 aliphatic carbocycles. The lowest BCUT2D eigenvalue weighted by atomic mass is 9.86. The van der Waals surface area contributed by atoms with E-state index in [1.807, 2.05) is 0 Å². The molecule has 0 aliphatic heterocycles. The second-order valence-corrected chi connectivity index (χ2v) is 6.14. The van der Waals surface area contributed by atoms with Crippen molar-refractivity contribution in [3.05, 3.63) is 28.2 Å². The van der Waals surface area contributed by atoms with Gasteiger partial charge in [-0.1, -0.05) is 77.9 Å². The fraction of sp³-hybridized carbons (Fsp3) is 0.750. The van der Waals surface area contributed by atoms with Crippen molar-refractivity contribution >= 4 is 0 Å². The molecule has 0 saturated heterocycles. The first kappa shape index (κ1) is 17.5. The predicted octanol–water partition coefficient (Wildman–Crippen LogP) is 7.17. The predicted molar refractivity (Wildman–Crippen MR) is 91.8 cm³/mol. The van der Waals surface area contributed by atoms with Crippen LogP contribution in [0.2, 0.25) is 0 Å². The standard InChI is InChI=1S/C20H35/c1-6-11-16-17(12-7-2)19(14-9-4)20(15-10-5)18(16)13-8-3/h6-15H2,1-5H3. The third-order valence-electron chi connectivity index (χ3n) is 4.32. The topological polar surface area (TPSA) is 0 Å². The first-order chi connectivity index (χ1) is 9.74. The lowest BCUT2D eigenvalue weighted by Crippen LogP contribution is -2.02. The molecule has 0 amide bonds. The van der Waals surface area contributed by atoms with E-state index in [1.165, 1.54) is 64.2 Å². The van der Waals surface area contributed by atoms with Crippen LogP contribution in [-0.2, 0) is 0 Å². The summed E-state index contributed by atoms with van der Waals surface area (Å²) in [6.45, 7) is 11.7. The Morgan fingerprint density at radius 2 is 0.700 bits per heavy atom. The zero-order valence-electron chi connectivity index (χ0n) is 14.6. The molecule has 0 bridgehead atoms. The minimum Gasteiger partial charge on any atom is -0.0653 e. The Morgan fingerprint density at radius 1 is 0.400 bits per heavy atom. The summed E-state index contributed by atoms with van der Waals surface area (Å²) in [4.78, 5) is 0. The Kier molecular flexibility index (Phi) is 8.26. The molecule has 115 valence electrons. The highest BCUT2D eigenvalue weighted by Crippen LogP contribution is 2.48.